The number of benzene rings is 3. The number of nitrogens with zero attached hydrogens (tertiary/aromatic N) is 2. The number of rotatable bonds is 8. The van der Waals surface area contributed by atoms with E-state index in [-0.39, 0.29) is 24.9 Å². The van der Waals surface area contributed by atoms with E-state index in [4.69, 9.17) is 10.00 Å². The highest BCUT2D eigenvalue weighted by molar-refractivity contribution is 5.97. The molecule has 2 amide bonds. The van der Waals surface area contributed by atoms with E-state index in [1.807, 2.05) is 72.8 Å². The van der Waals surface area contributed by atoms with Gasteiger partial charge in [0.25, 0.3) is 5.91 Å². The Morgan fingerprint density at radius 1 is 0.935 bits per heavy atom. The van der Waals surface area contributed by atoms with E-state index in [9.17, 15) is 9.59 Å². The van der Waals surface area contributed by atoms with E-state index in [0.717, 1.165) is 22.4 Å². The summed E-state index contributed by atoms with van der Waals surface area (Å²) in [6.07, 6.45) is 0. The molecule has 31 heavy (non-hydrogen) atoms. The molecule has 6 nitrogen and oxygen atoms in total. The minimum atomic E-state index is -0.374. The van der Waals surface area contributed by atoms with Crippen LogP contribution in [0.3, 0.4) is 0 Å². The summed E-state index contributed by atoms with van der Waals surface area (Å²) in [7, 11) is 1.62. The molecule has 0 fully saturated rings. The Hall–Kier alpha value is -4.11. The third kappa shape index (κ3) is 5.94. The lowest BCUT2D eigenvalue weighted by atomic mass is 10.0. The standard InChI is InChI=1S/C25H23N3O3/c1-31-23-13-11-21(12-14-23)20-7-9-22(10-8-20)25(30)28(18-24(29)27-16-15-26)17-19-5-3-2-4-6-19/h2-14H,16-18H2,1H3,(H,27,29). The Labute approximate surface area is 181 Å². The van der Waals surface area contributed by atoms with Gasteiger partial charge in [-0.3, -0.25) is 9.59 Å². The first-order chi connectivity index (χ1) is 15.1. The number of hydrogen-bond donors (Lipinski definition) is 1. The third-order valence-electron chi connectivity index (χ3n) is 4.76. The van der Waals surface area contributed by atoms with Gasteiger partial charge in [-0.25, -0.2) is 0 Å². The first kappa shape index (κ1) is 21.6. The Kier molecular flexibility index (Phi) is 7.39. The monoisotopic (exact) mass is 413 g/mol. The largest absolute Gasteiger partial charge is 0.497 e. The van der Waals surface area contributed by atoms with Crippen molar-refractivity contribution in [2.24, 2.45) is 0 Å². The van der Waals surface area contributed by atoms with Gasteiger partial charge < -0.3 is 15.0 Å². The fourth-order valence-corrected chi connectivity index (χ4v) is 3.14. The van der Waals surface area contributed by atoms with Crippen LogP contribution in [0.4, 0.5) is 0 Å². The molecule has 0 radical (unpaired) electrons. The summed E-state index contributed by atoms with van der Waals surface area (Å²) in [5.41, 5.74) is 3.39. The fraction of sp³-hybridized carbons (Fsp3) is 0.160. The quantitative estimate of drug-likeness (QED) is 0.572. The van der Waals surface area contributed by atoms with E-state index < -0.39 is 0 Å². The highest BCUT2D eigenvalue weighted by Crippen LogP contribution is 2.23. The van der Waals surface area contributed by atoms with Crippen LogP contribution in [0, 0.1) is 11.3 Å². The van der Waals surface area contributed by atoms with E-state index in [1.165, 1.54) is 4.90 Å². The molecule has 0 spiro atoms. The fourth-order valence-electron chi connectivity index (χ4n) is 3.14. The van der Waals surface area contributed by atoms with Crippen molar-refractivity contribution in [3.05, 3.63) is 90.0 Å². The molecule has 0 saturated carbocycles. The number of nitrogens with one attached hydrogen (secondary N) is 1. The third-order valence-corrected chi connectivity index (χ3v) is 4.76. The van der Waals surface area contributed by atoms with Crippen molar-refractivity contribution in [3.8, 4) is 22.9 Å². The van der Waals surface area contributed by atoms with Gasteiger partial charge in [-0.15, -0.1) is 0 Å². The zero-order chi connectivity index (χ0) is 22.1. The van der Waals surface area contributed by atoms with Gasteiger partial charge in [-0.2, -0.15) is 5.26 Å². The molecule has 156 valence electrons. The number of nitriles is 1. The van der Waals surface area contributed by atoms with Crippen LogP contribution in [-0.4, -0.2) is 36.9 Å². The van der Waals surface area contributed by atoms with Gasteiger partial charge >= 0.3 is 0 Å². The van der Waals surface area contributed by atoms with Crippen LogP contribution < -0.4 is 10.1 Å². The molecule has 0 heterocycles. The van der Waals surface area contributed by atoms with Crippen LogP contribution in [0.2, 0.25) is 0 Å². The number of carbonyl (C=O) groups is 2. The lowest BCUT2D eigenvalue weighted by Gasteiger charge is -2.22. The molecule has 0 aliphatic rings. The number of carbonyl (C=O) groups excluding carboxylic acids is 2. The zero-order valence-corrected chi connectivity index (χ0v) is 17.2. The first-order valence-corrected chi connectivity index (χ1v) is 9.82. The average Bonchev–Trinajstić information content (AvgIpc) is 2.82. The predicted molar refractivity (Wildman–Crippen MR) is 118 cm³/mol. The molecule has 0 unspecified atom stereocenters. The maximum Gasteiger partial charge on any atom is 0.254 e. The van der Waals surface area contributed by atoms with Gasteiger partial charge in [0.2, 0.25) is 5.91 Å². The second-order valence-corrected chi connectivity index (χ2v) is 6.89. The van der Waals surface area contributed by atoms with Gasteiger partial charge in [0, 0.05) is 12.1 Å². The SMILES string of the molecule is COc1ccc(-c2ccc(C(=O)N(CC(=O)NCC#N)Cc3ccccc3)cc2)cc1. The summed E-state index contributed by atoms with van der Waals surface area (Å²) in [4.78, 5) is 26.8. The molecule has 0 atom stereocenters. The molecular weight excluding hydrogens is 390 g/mol. The molecular formula is C25H23N3O3. The van der Waals surface area contributed by atoms with Crippen molar-refractivity contribution in [2.75, 3.05) is 20.2 Å². The minimum absolute atomic E-state index is 0.0945. The van der Waals surface area contributed by atoms with E-state index in [1.54, 1.807) is 19.2 Å². The second kappa shape index (κ2) is 10.6. The number of amides is 2. The maximum absolute atomic E-state index is 13.2. The van der Waals surface area contributed by atoms with Crippen molar-refractivity contribution in [3.63, 3.8) is 0 Å². The van der Waals surface area contributed by atoms with Crippen LogP contribution in [0.1, 0.15) is 15.9 Å². The van der Waals surface area contributed by atoms with E-state index in [0.29, 0.717) is 12.1 Å². The minimum Gasteiger partial charge on any atom is -0.497 e. The molecule has 0 bridgehead atoms. The second-order valence-electron chi connectivity index (χ2n) is 6.89. The van der Waals surface area contributed by atoms with Crippen molar-refractivity contribution in [2.45, 2.75) is 6.54 Å². The lowest BCUT2D eigenvalue weighted by molar-refractivity contribution is -0.121. The highest BCUT2D eigenvalue weighted by atomic mass is 16.5. The van der Waals surface area contributed by atoms with Crippen molar-refractivity contribution in [1.82, 2.24) is 10.2 Å². The van der Waals surface area contributed by atoms with Crippen molar-refractivity contribution >= 4 is 11.8 Å². The molecule has 3 aromatic carbocycles. The van der Waals surface area contributed by atoms with E-state index >= 15 is 0 Å². The molecule has 0 aromatic heterocycles. The number of hydrogen-bond acceptors (Lipinski definition) is 4. The highest BCUT2D eigenvalue weighted by Gasteiger charge is 2.19. The summed E-state index contributed by atoms with van der Waals surface area (Å²) >= 11 is 0. The van der Waals surface area contributed by atoms with Crippen LogP contribution in [-0.2, 0) is 11.3 Å². The summed E-state index contributed by atoms with van der Waals surface area (Å²) < 4.78 is 5.19. The van der Waals surface area contributed by atoms with Gasteiger partial charge in [0.1, 0.15) is 18.8 Å². The normalized spacial score (nSPS) is 10.1. The maximum atomic E-state index is 13.2. The Morgan fingerprint density at radius 2 is 1.55 bits per heavy atom. The molecule has 0 saturated heterocycles. The van der Waals surface area contributed by atoms with Crippen molar-refractivity contribution < 1.29 is 14.3 Å². The molecule has 1 N–H and O–H groups in total. The number of methoxy groups -OCH3 is 1. The Bertz CT molecular complexity index is 1060. The molecule has 6 heteroatoms. The molecule has 3 aromatic rings. The summed E-state index contributed by atoms with van der Waals surface area (Å²) in [6, 6.07) is 26.3. The Morgan fingerprint density at radius 3 is 2.13 bits per heavy atom. The van der Waals surface area contributed by atoms with Crippen molar-refractivity contribution in [1.29, 1.82) is 5.26 Å². The van der Waals surface area contributed by atoms with Crippen LogP contribution in [0.15, 0.2) is 78.9 Å². The average molecular weight is 413 g/mol. The van der Waals surface area contributed by atoms with E-state index in [2.05, 4.69) is 5.32 Å². The van der Waals surface area contributed by atoms with Gasteiger partial charge in [-0.05, 0) is 41.0 Å². The lowest BCUT2D eigenvalue weighted by Crippen LogP contribution is -2.40. The van der Waals surface area contributed by atoms with Gasteiger partial charge in [0.05, 0.1) is 13.2 Å². The molecule has 3 rings (SSSR count). The summed E-state index contributed by atoms with van der Waals surface area (Å²) in [5, 5.41) is 11.2. The van der Waals surface area contributed by atoms with Gasteiger partial charge in [-0.1, -0.05) is 54.6 Å². The Balaban J connectivity index is 1.78. The van der Waals surface area contributed by atoms with Crippen LogP contribution in [0.5, 0.6) is 5.75 Å². The first-order valence-electron chi connectivity index (χ1n) is 9.82. The molecule has 0 aliphatic carbocycles. The zero-order valence-electron chi connectivity index (χ0n) is 17.2. The summed E-state index contributed by atoms with van der Waals surface area (Å²) in [6.45, 7) is 0.0677. The molecule has 0 aliphatic heterocycles. The van der Waals surface area contributed by atoms with Gasteiger partial charge in [0.15, 0.2) is 0 Å². The number of ether oxygens (including phenoxy) is 1. The topological polar surface area (TPSA) is 82.4 Å². The van der Waals surface area contributed by atoms with Crippen LogP contribution in [0.25, 0.3) is 11.1 Å². The van der Waals surface area contributed by atoms with Crippen LogP contribution >= 0.6 is 0 Å². The smallest absolute Gasteiger partial charge is 0.254 e. The predicted octanol–water partition coefficient (Wildman–Crippen LogP) is 3.64. The summed E-state index contributed by atoms with van der Waals surface area (Å²) in [5.74, 6) is 0.153.